The lowest BCUT2D eigenvalue weighted by atomic mass is 10.3. The van der Waals surface area contributed by atoms with Crippen LogP contribution in [0.4, 0.5) is 4.79 Å². The number of carbonyl (C=O) groups is 1. The Morgan fingerprint density at radius 3 is 2.05 bits per heavy atom. The topological polar surface area (TPSA) is 81.8 Å². The lowest BCUT2D eigenvalue weighted by Crippen LogP contribution is -2.48. The predicted molar refractivity (Wildman–Crippen MR) is 78.1 cm³/mol. The Hall–Kier alpha value is -0.850. The highest BCUT2D eigenvalue weighted by atomic mass is 16.3. The van der Waals surface area contributed by atoms with Gasteiger partial charge in [-0.1, -0.05) is 20.3 Å². The summed E-state index contributed by atoms with van der Waals surface area (Å²) in [4.78, 5) is 15.1. The predicted octanol–water partition coefficient (Wildman–Crippen LogP) is 0.0710. The van der Waals surface area contributed by atoms with Crippen molar-refractivity contribution in [1.29, 1.82) is 0 Å². The number of nitrogens with zero attached hydrogens (tertiary/aromatic N) is 2. The maximum Gasteiger partial charge on any atom is 0.312 e. The standard InChI is InChI=1S/C10H22N4O2.C3H8/c11-10(16)12-2-4-14-7-5-13(6-8-14)3-1-9-15;1-3-2/h15H,1-9H2,(H3,11,12,16);3H2,1-2H3. The molecule has 0 aromatic rings. The van der Waals surface area contributed by atoms with E-state index in [1.165, 1.54) is 6.42 Å². The molecular formula is C13H30N4O2. The van der Waals surface area contributed by atoms with Crippen molar-refractivity contribution in [2.45, 2.75) is 26.7 Å². The summed E-state index contributed by atoms with van der Waals surface area (Å²) in [7, 11) is 0. The second-order valence-electron chi connectivity index (χ2n) is 4.76. The number of aliphatic hydroxyl groups is 1. The van der Waals surface area contributed by atoms with Crippen LogP contribution in [-0.4, -0.2) is 73.4 Å². The number of hydrogen-bond donors (Lipinski definition) is 3. The SMILES string of the molecule is CCC.NC(=O)NCCN1CCN(CCCO)CC1. The fraction of sp³-hybridized carbons (Fsp3) is 0.923. The van der Waals surface area contributed by atoms with Crippen LogP contribution in [0.3, 0.4) is 0 Å². The van der Waals surface area contributed by atoms with Gasteiger partial charge in [0.25, 0.3) is 0 Å². The molecule has 19 heavy (non-hydrogen) atoms. The maximum absolute atomic E-state index is 10.5. The number of hydrogen-bond acceptors (Lipinski definition) is 4. The van der Waals surface area contributed by atoms with Crippen molar-refractivity contribution < 1.29 is 9.90 Å². The average Bonchev–Trinajstić information content (AvgIpc) is 2.38. The number of urea groups is 1. The third kappa shape index (κ3) is 10.7. The lowest BCUT2D eigenvalue weighted by Gasteiger charge is -2.34. The Morgan fingerprint density at radius 2 is 1.63 bits per heavy atom. The molecule has 1 aliphatic rings. The number of primary amides is 1. The average molecular weight is 274 g/mol. The molecule has 0 aromatic heterocycles. The summed E-state index contributed by atoms with van der Waals surface area (Å²) in [6.45, 7) is 11.1. The highest BCUT2D eigenvalue weighted by Gasteiger charge is 2.15. The minimum Gasteiger partial charge on any atom is -0.396 e. The Bertz CT molecular complexity index is 219. The van der Waals surface area contributed by atoms with Gasteiger partial charge in [-0.3, -0.25) is 4.90 Å². The van der Waals surface area contributed by atoms with Gasteiger partial charge in [0.1, 0.15) is 0 Å². The van der Waals surface area contributed by atoms with E-state index in [9.17, 15) is 4.79 Å². The molecule has 0 aromatic carbocycles. The van der Waals surface area contributed by atoms with Crippen molar-refractivity contribution in [3.63, 3.8) is 0 Å². The molecule has 0 unspecified atom stereocenters. The minimum atomic E-state index is -0.457. The van der Waals surface area contributed by atoms with Crippen LogP contribution < -0.4 is 11.1 Å². The fourth-order valence-corrected chi connectivity index (χ4v) is 1.87. The van der Waals surface area contributed by atoms with E-state index in [2.05, 4.69) is 29.0 Å². The van der Waals surface area contributed by atoms with Gasteiger partial charge in [0, 0.05) is 52.4 Å². The van der Waals surface area contributed by atoms with E-state index in [1.807, 2.05) is 0 Å². The van der Waals surface area contributed by atoms with Crippen molar-refractivity contribution in [2.24, 2.45) is 5.73 Å². The molecule has 0 radical (unpaired) electrons. The van der Waals surface area contributed by atoms with Crippen molar-refractivity contribution in [3.8, 4) is 0 Å². The van der Waals surface area contributed by atoms with Crippen molar-refractivity contribution in [1.82, 2.24) is 15.1 Å². The van der Waals surface area contributed by atoms with Crippen molar-refractivity contribution in [2.75, 3.05) is 52.4 Å². The van der Waals surface area contributed by atoms with Gasteiger partial charge in [-0.15, -0.1) is 0 Å². The summed E-state index contributed by atoms with van der Waals surface area (Å²) in [5.74, 6) is 0. The molecule has 0 saturated carbocycles. The number of rotatable bonds is 6. The molecule has 1 heterocycles. The molecule has 1 rings (SSSR count). The van der Waals surface area contributed by atoms with Crippen molar-refractivity contribution in [3.05, 3.63) is 0 Å². The Balaban J connectivity index is 0.000000982. The first kappa shape index (κ1) is 18.1. The zero-order valence-electron chi connectivity index (χ0n) is 12.4. The summed E-state index contributed by atoms with van der Waals surface area (Å²) in [6, 6.07) is -0.457. The Morgan fingerprint density at radius 1 is 1.16 bits per heavy atom. The second-order valence-corrected chi connectivity index (χ2v) is 4.76. The Labute approximate surface area is 116 Å². The van der Waals surface area contributed by atoms with Gasteiger partial charge in [-0.2, -0.15) is 0 Å². The smallest absolute Gasteiger partial charge is 0.312 e. The number of aliphatic hydroxyl groups excluding tert-OH is 1. The summed E-state index contributed by atoms with van der Waals surface area (Å²) in [6.07, 6.45) is 2.10. The first-order valence-corrected chi connectivity index (χ1v) is 7.22. The molecule has 0 aliphatic carbocycles. The molecule has 0 bridgehead atoms. The third-order valence-electron chi connectivity index (χ3n) is 2.82. The summed E-state index contributed by atoms with van der Waals surface area (Å²) < 4.78 is 0. The summed E-state index contributed by atoms with van der Waals surface area (Å²) >= 11 is 0. The largest absolute Gasteiger partial charge is 0.396 e. The van der Waals surface area contributed by atoms with E-state index in [1.54, 1.807) is 0 Å². The highest BCUT2D eigenvalue weighted by Crippen LogP contribution is 2.01. The molecule has 2 amide bonds. The van der Waals surface area contributed by atoms with Gasteiger partial charge >= 0.3 is 6.03 Å². The first-order valence-electron chi connectivity index (χ1n) is 7.22. The molecule has 6 heteroatoms. The number of amides is 2. The molecule has 1 saturated heterocycles. The van der Waals surface area contributed by atoms with Crippen LogP contribution in [0.15, 0.2) is 0 Å². The second kappa shape index (κ2) is 12.2. The van der Waals surface area contributed by atoms with Crippen molar-refractivity contribution >= 4 is 6.03 Å². The van der Waals surface area contributed by atoms with E-state index < -0.39 is 6.03 Å². The molecular weight excluding hydrogens is 244 g/mol. The zero-order chi connectivity index (χ0) is 14.5. The third-order valence-corrected chi connectivity index (χ3v) is 2.82. The highest BCUT2D eigenvalue weighted by molar-refractivity contribution is 5.71. The van der Waals surface area contributed by atoms with E-state index in [0.717, 1.165) is 45.7 Å². The monoisotopic (exact) mass is 274 g/mol. The zero-order valence-corrected chi connectivity index (χ0v) is 12.4. The van der Waals surface area contributed by atoms with Gasteiger partial charge in [0.15, 0.2) is 0 Å². The van der Waals surface area contributed by atoms with Crippen LogP contribution in [0.25, 0.3) is 0 Å². The molecule has 0 atom stereocenters. The summed E-state index contributed by atoms with van der Waals surface area (Å²) in [5, 5.41) is 11.3. The quantitative estimate of drug-likeness (QED) is 0.640. The normalized spacial score (nSPS) is 16.6. The number of piperazine rings is 1. The van der Waals surface area contributed by atoms with E-state index in [-0.39, 0.29) is 6.61 Å². The van der Waals surface area contributed by atoms with Crippen LogP contribution >= 0.6 is 0 Å². The molecule has 6 nitrogen and oxygen atoms in total. The molecule has 0 spiro atoms. The van der Waals surface area contributed by atoms with E-state index in [4.69, 9.17) is 10.8 Å². The lowest BCUT2D eigenvalue weighted by molar-refractivity contribution is 0.125. The maximum atomic E-state index is 10.5. The summed E-state index contributed by atoms with van der Waals surface area (Å²) in [5.41, 5.74) is 4.98. The Kier molecular flexibility index (Phi) is 11.7. The molecule has 114 valence electrons. The van der Waals surface area contributed by atoms with Gasteiger partial charge < -0.3 is 21.1 Å². The molecule has 4 N–H and O–H groups in total. The van der Waals surface area contributed by atoms with Crippen LogP contribution in [-0.2, 0) is 0 Å². The van der Waals surface area contributed by atoms with E-state index >= 15 is 0 Å². The van der Waals surface area contributed by atoms with Gasteiger partial charge in [0.2, 0.25) is 0 Å². The van der Waals surface area contributed by atoms with Gasteiger partial charge in [-0.05, 0) is 6.42 Å². The number of nitrogens with two attached hydrogens (primary N) is 1. The van der Waals surface area contributed by atoms with Crippen LogP contribution in [0.5, 0.6) is 0 Å². The number of carbonyl (C=O) groups excluding carboxylic acids is 1. The van der Waals surface area contributed by atoms with Crippen LogP contribution in [0.2, 0.25) is 0 Å². The van der Waals surface area contributed by atoms with Gasteiger partial charge in [-0.25, -0.2) is 4.79 Å². The molecule has 1 aliphatic heterocycles. The number of nitrogens with one attached hydrogen (secondary N) is 1. The van der Waals surface area contributed by atoms with Crippen LogP contribution in [0.1, 0.15) is 26.7 Å². The molecule has 1 fully saturated rings. The minimum absolute atomic E-state index is 0.267. The van der Waals surface area contributed by atoms with Gasteiger partial charge in [0.05, 0.1) is 0 Å². The fourth-order valence-electron chi connectivity index (χ4n) is 1.87. The first-order chi connectivity index (χ1) is 9.13. The van der Waals surface area contributed by atoms with E-state index in [0.29, 0.717) is 6.54 Å². The van der Waals surface area contributed by atoms with Crippen LogP contribution in [0, 0.1) is 0 Å².